The molecule has 0 spiro atoms. The van der Waals surface area contributed by atoms with E-state index in [-0.39, 0.29) is 5.91 Å². The number of nitrogens with zero attached hydrogens (tertiary/aromatic N) is 3. The van der Waals surface area contributed by atoms with Crippen LogP contribution in [0.4, 0.5) is 0 Å². The maximum Gasteiger partial charge on any atom is 0.259 e. The van der Waals surface area contributed by atoms with E-state index < -0.39 is 0 Å². The fourth-order valence-corrected chi connectivity index (χ4v) is 4.16. The van der Waals surface area contributed by atoms with Crippen LogP contribution < -0.4 is 0 Å². The summed E-state index contributed by atoms with van der Waals surface area (Å²) >= 11 is 0. The van der Waals surface area contributed by atoms with Gasteiger partial charge in [-0.1, -0.05) is 36.3 Å². The molecule has 0 bridgehead atoms. The molecule has 3 aromatic rings. The normalized spacial score (nSPS) is 15.2. The molecule has 1 aliphatic heterocycles. The molecule has 28 heavy (non-hydrogen) atoms. The second-order valence-corrected chi connectivity index (χ2v) is 7.49. The van der Waals surface area contributed by atoms with Crippen molar-refractivity contribution in [3.63, 3.8) is 0 Å². The Labute approximate surface area is 164 Å². The second kappa shape index (κ2) is 7.62. The number of hydrogen-bond acceptors (Lipinski definition) is 4. The lowest BCUT2D eigenvalue weighted by Crippen LogP contribution is -2.38. The van der Waals surface area contributed by atoms with Crippen molar-refractivity contribution in [2.45, 2.75) is 46.0 Å². The van der Waals surface area contributed by atoms with E-state index in [0.29, 0.717) is 23.7 Å². The van der Waals surface area contributed by atoms with Crippen molar-refractivity contribution in [2.24, 2.45) is 0 Å². The topological polar surface area (TPSA) is 75.0 Å². The van der Waals surface area contributed by atoms with Crippen LogP contribution in [0.25, 0.3) is 11.1 Å². The average Bonchev–Trinajstić information content (AvgIpc) is 3.34. The lowest BCUT2D eigenvalue weighted by Gasteiger charge is -2.32. The smallest absolute Gasteiger partial charge is 0.259 e. The minimum atomic E-state index is 0.0396. The molecule has 6 nitrogen and oxygen atoms in total. The Hall–Kier alpha value is -2.89. The summed E-state index contributed by atoms with van der Waals surface area (Å²) in [5.41, 5.74) is 6.20. The number of nitrogens with one attached hydrogen (secondary N) is 1. The highest BCUT2D eigenvalue weighted by molar-refractivity contribution is 5.96. The van der Waals surface area contributed by atoms with E-state index in [2.05, 4.69) is 46.5 Å². The van der Waals surface area contributed by atoms with Crippen molar-refractivity contribution in [2.75, 3.05) is 13.1 Å². The molecular weight excluding hydrogens is 352 g/mol. The molecule has 1 aromatic carbocycles. The third kappa shape index (κ3) is 3.23. The van der Waals surface area contributed by atoms with Crippen molar-refractivity contribution >= 4 is 5.91 Å². The van der Waals surface area contributed by atoms with Gasteiger partial charge in [-0.3, -0.25) is 9.89 Å². The number of aryl methyl sites for hydroxylation is 3. The molecule has 0 saturated carbocycles. The number of hydrogen-bond donors (Lipinski definition) is 1. The molecule has 6 heteroatoms. The number of amides is 1. The summed E-state index contributed by atoms with van der Waals surface area (Å²) in [5.74, 6) is 1.02. The van der Waals surface area contributed by atoms with Crippen LogP contribution in [0.3, 0.4) is 0 Å². The average molecular weight is 378 g/mol. The maximum absolute atomic E-state index is 13.0. The number of aromatic amines is 1. The molecule has 1 aliphatic rings. The molecule has 0 atom stereocenters. The van der Waals surface area contributed by atoms with Gasteiger partial charge in [0.2, 0.25) is 0 Å². The zero-order valence-corrected chi connectivity index (χ0v) is 16.7. The third-order valence-corrected chi connectivity index (χ3v) is 5.78. The Kier molecular flexibility index (Phi) is 5.03. The van der Waals surface area contributed by atoms with Gasteiger partial charge in [0, 0.05) is 30.3 Å². The summed E-state index contributed by atoms with van der Waals surface area (Å²) in [4.78, 5) is 14.9. The van der Waals surface area contributed by atoms with Gasteiger partial charge in [0.15, 0.2) is 0 Å². The number of likely N-dealkylation sites (tertiary alicyclic amines) is 1. The van der Waals surface area contributed by atoms with Crippen LogP contribution in [-0.2, 0) is 6.42 Å². The summed E-state index contributed by atoms with van der Waals surface area (Å²) in [6.07, 6.45) is 4.45. The number of benzene rings is 1. The van der Waals surface area contributed by atoms with E-state index in [1.54, 1.807) is 0 Å². The first-order valence-electron chi connectivity index (χ1n) is 9.93. The van der Waals surface area contributed by atoms with E-state index >= 15 is 0 Å². The Morgan fingerprint density at radius 3 is 2.68 bits per heavy atom. The Balaban J connectivity index is 1.50. The highest BCUT2D eigenvalue weighted by Crippen LogP contribution is 2.35. The second-order valence-electron chi connectivity index (χ2n) is 7.49. The Bertz CT molecular complexity index is 980. The molecule has 1 fully saturated rings. The van der Waals surface area contributed by atoms with Crippen LogP contribution >= 0.6 is 0 Å². The van der Waals surface area contributed by atoms with Gasteiger partial charge < -0.3 is 9.42 Å². The molecule has 146 valence electrons. The Morgan fingerprint density at radius 2 is 1.96 bits per heavy atom. The number of rotatable bonds is 4. The van der Waals surface area contributed by atoms with E-state index in [1.165, 1.54) is 22.4 Å². The minimum Gasteiger partial charge on any atom is -0.361 e. The largest absolute Gasteiger partial charge is 0.361 e. The number of aromatic nitrogens is 3. The standard InChI is InChI=1S/C22H26N4O2/c1-4-19-20(15(3)28-25-19)22(27)26-11-9-16(10-12-26)21-18(13-23-24-21)17-8-6-5-7-14(17)2/h5-8,13,16H,4,9-12H2,1-3H3,(H,23,24). The first-order valence-corrected chi connectivity index (χ1v) is 9.93. The predicted octanol–water partition coefficient (Wildman–Crippen LogP) is 4.26. The SMILES string of the molecule is CCc1noc(C)c1C(=O)N1CCC(c2[nH]ncc2-c2ccccc2C)CC1. The van der Waals surface area contributed by atoms with Crippen LogP contribution in [0, 0.1) is 13.8 Å². The van der Waals surface area contributed by atoms with Crippen LogP contribution in [0.2, 0.25) is 0 Å². The molecule has 0 aliphatic carbocycles. The third-order valence-electron chi connectivity index (χ3n) is 5.78. The van der Waals surface area contributed by atoms with E-state index in [9.17, 15) is 4.79 Å². The van der Waals surface area contributed by atoms with Gasteiger partial charge in [0.05, 0.1) is 11.9 Å². The van der Waals surface area contributed by atoms with E-state index in [0.717, 1.165) is 31.6 Å². The zero-order chi connectivity index (χ0) is 19.7. The minimum absolute atomic E-state index is 0.0396. The van der Waals surface area contributed by atoms with Gasteiger partial charge >= 0.3 is 0 Å². The van der Waals surface area contributed by atoms with Crippen molar-refractivity contribution in [3.05, 3.63) is 58.7 Å². The molecule has 4 rings (SSSR count). The summed E-state index contributed by atoms with van der Waals surface area (Å²) < 4.78 is 5.24. The van der Waals surface area contributed by atoms with E-state index in [1.807, 2.05) is 24.9 Å². The van der Waals surface area contributed by atoms with Crippen molar-refractivity contribution in [1.82, 2.24) is 20.3 Å². The number of H-pyrrole nitrogens is 1. The van der Waals surface area contributed by atoms with Gasteiger partial charge in [0.25, 0.3) is 5.91 Å². The van der Waals surface area contributed by atoms with Crippen LogP contribution in [0.1, 0.15) is 58.8 Å². The number of carbonyl (C=O) groups excluding carboxylic acids is 1. The molecule has 1 amide bonds. The van der Waals surface area contributed by atoms with Crippen LogP contribution in [0.5, 0.6) is 0 Å². The predicted molar refractivity (Wildman–Crippen MR) is 107 cm³/mol. The maximum atomic E-state index is 13.0. The monoisotopic (exact) mass is 378 g/mol. The molecule has 0 unspecified atom stereocenters. The quantitative estimate of drug-likeness (QED) is 0.736. The first kappa shape index (κ1) is 18.5. The summed E-state index contributed by atoms with van der Waals surface area (Å²) in [7, 11) is 0. The zero-order valence-electron chi connectivity index (χ0n) is 16.7. The van der Waals surface area contributed by atoms with Gasteiger partial charge in [0.1, 0.15) is 11.3 Å². The molecular formula is C22H26N4O2. The molecule has 1 saturated heterocycles. The lowest BCUT2D eigenvalue weighted by atomic mass is 9.88. The van der Waals surface area contributed by atoms with Crippen LogP contribution in [0.15, 0.2) is 35.0 Å². The summed E-state index contributed by atoms with van der Waals surface area (Å²) in [5, 5.41) is 11.6. The highest BCUT2D eigenvalue weighted by atomic mass is 16.5. The fourth-order valence-electron chi connectivity index (χ4n) is 4.16. The van der Waals surface area contributed by atoms with Crippen molar-refractivity contribution in [1.29, 1.82) is 0 Å². The summed E-state index contributed by atoms with van der Waals surface area (Å²) in [6, 6.07) is 8.39. The molecule has 2 aromatic heterocycles. The first-order chi connectivity index (χ1) is 13.6. The van der Waals surface area contributed by atoms with Crippen molar-refractivity contribution in [3.8, 4) is 11.1 Å². The molecule has 1 N–H and O–H groups in total. The van der Waals surface area contributed by atoms with Gasteiger partial charge in [-0.05, 0) is 44.2 Å². The Morgan fingerprint density at radius 1 is 1.21 bits per heavy atom. The summed E-state index contributed by atoms with van der Waals surface area (Å²) in [6.45, 7) is 7.38. The van der Waals surface area contributed by atoms with Gasteiger partial charge in [-0.15, -0.1) is 0 Å². The molecule has 0 radical (unpaired) electrons. The van der Waals surface area contributed by atoms with Gasteiger partial charge in [-0.2, -0.15) is 5.10 Å². The van der Waals surface area contributed by atoms with Gasteiger partial charge in [-0.25, -0.2) is 0 Å². The number of carbonyl (C=O) groups is 1. The number of piperidine rings is 1. The van der Waals surface area contributed by atoms with E-state index in [4.69, 9.17) is 4.52 Å². The highest BCUT2D eigenvalue weighted by Gasteiger charge is 2.30. The lowest BCUT2D eigenvalue weighted by molar-refractivity contribution is 0.0709. The van der Waals surface area contributed by atoms with Crippen LogP contribution in [-0.4, -0.2) is 39.3 Å². The van der Waals surface area contributed by atoms with Crippen molar-refractivity contribution < 1.29 is 9.32 Å². The molecule has 3 heterocycles. The fraction of sp³-hybridized carbons (Fsp3) is 0.409.